The standard InChI is InChI=1S/C9H9ClO2/c1-6-3-4-7(5-8(6)10)9(11)12-2/h3-5H,1-2H3. The molecule has 1 aromatic carbocycles. The van der Waals surface area contributed by atoms with Crippen LogP contribution in [0.4, 0.5) is 0 Å². The number of carbonyl (C=O) groups is 1. The quantitative estimate of drug-likeness (QED) is 0.627. The number of benzene rings is 1. The first-order valence-corrected chi connectivity index (χ1v) is 3.87. The summed E-state index contributed by atoms with van der Waals surface area (Å²) < 4.78 is 4.53. The zero-order valence-corrected chi connectivity index (χ0v) is 7.68. The van der Waals surface area contributed by atoms with E-state index in [0.717, 1.165) is 5.56 Å². The van der Waals surface area contributed by atoms with Gasteiger partial charge in [0.05, 0.1) is 12.7 Å². The van der Waals surface area contributed by atoms with E-state index in [4.69, 9.17) is 11.6 Å². The highest BCUT2D eigenvalue weighted by Crippen LogP contribution is 2.16. The fourth-order valence-electron chi connectivity index (χ4n) is 0.838. The van der Waals surface area contributed by atoms with Crippen molar-refractivity contribution in [3.8, 4) is 0 Å². The average molecular weight is 185 g/mol. The molecule has 0 unspecified atom stereocenters. The molecule has 0 heterocycles. The molecular formula is C9H9ClO2. The molecule has 3 heteroatoms. The van der Waals surface area contributed by atoms with Gasteiger partial charge in [0, 0.05) is 5.02 Å². The second kappa shape index (κ2) is 3.59. The summed E-state index contributed by atoms with van der Waals surface area (Å²) in [5.41, 5.74) is 1.43. The van der Waals surface area contributed by atoms with Gasteiger partial charge in [0.1, 0.15) is 0 Å². The van der Waals surface area contributed by atoms with Crippen molar-refractivity contribution in [2.75, 3.05) is 7.11 Å². The lowest BCUT2D eigenvalue weighted by atomic mass is 10.1. The predicted octanol–water partition coefficient (Wildman–Crippen LogP) is 2.44. The summed E-state index contributed by atoms with van der Waals surface area (Å²) in [6.45, 7) is 1.88. The van der Waals surface area contributed by atoms with E-state index < -0.39 is 0 Å². The monoisotopic (exact) mass is 184 g/mol. The van der Waals surface area contributed by atoms with Gasteiger partial charge in [-0.15, -0.1) is 0 Å². The average Bonchev–Trinajstić information content (AvgIpc) is 2.08. The summed E-state index contributed by atoms with van der Waals surface area (Å²) in [6, 6.07) is 5.07. The molecule has 0 saturated carbocycles. The van der Waals surface area contributed by atoms with Crippen molar-refractivity contribution in [1.82, 2.24) is 0 Å². The molecule has 0 fully saturated rings. The molecule has 1 aromatic rings. The maximum absolute atomic E-state index is 11.0. The molecule has 64 valence electrons. The van der Waals surface area contributed by atoms with Crippen LogP contribution in [-0.4, -0.2) is 13.1 Å². The Morgan fingerprint density at radius 1 is 1.50 bits per heavy atom. The van der Waals surface area contributed by atoms with Crippen molar-refractivity contribution >= 4 is 17.6 Å². The first-order chi connectivity index (χ1) is 5.65. The van der Waals surface area contributed by atoms with E-state index in [1.807, 2.05) is 6.92 Å². The van der Waals surface area contributed by atoms with Gasteiger partial charge >= 0.3 is 5.97 Å². The lowest BCUT2D eigenvalue weighted by molar-refractivity contribution is 0.0601. The van der Waals surface area contributed by atoms with Crippen molar-refractivity contribution in [2.24, 2.45) is 0 Å². The molecule has 0 atom stereocenters. The molecule has 0 radical (unpaired) electrons. The van der Waals surface area contributed by atoms with Gasteiger partial charge in [-0.2, -0.15) is 0 Å². The Morgan fingerprint density at radius 3 is 2.67 bits per heavy atom. The van der Waals surface area contributed by atoms with Crippen LogP contribution in [0.25, 0.3) is 0 Å². The molecule has 0 aliphatic heterocycles. The van der Waals surface area contributed by atoms with Gasteiger partial charge in [-0.25, -0.2) is 4.79 Å². The van der Waals surface area contributed by atoms with E-state index in [9.17, 15) is 4.79 Å². The third kappa shape index (κ3) is 1.77. The normalized spacial score (nSPS) is 9.58. The molecule has 0 saturated heterocycles. The number of hydrogen-bond acceptors (Lipinski definition) is 2. The van der Waals surface area contributed by atoms with E-state index >= 15 is 0 Å². The van der Waals surface area contributed by atoms with Gasteiger partial charge in [-0.05, 0) is 24.6 Å². The molecule has 1 rings (SSSR count). The number of esters is 1. The minimum Gasteiger partial charge on any atom is -0.465 e. The molecule has 0 amide bonds. The molecule has 2 nitrogen and oxygen atoms in total. The van der Waals surface area contributed by atoms with Crippen molar-refractivity contribution in [1.29, 1.82) is 0 Å². The number of hydrogen-bond donors (Lipinski definition) is 0. The highest BCUT2D eigenvalue weighted by atomic mass is 35.5. The van der Waals surface area contributed by atoms with Crippen LogP contribution in [-0.2, 0) is 4.74 Å². The Bertz CT molecular complexity index is 307. The zero-order valence-electron chi connectivity index (χ0n) is 6.93. The van der Waals surface area contributed by atoms with Gasteiger partial charge in [0.25, 0.3) is 0 Å². The van der Waals surface area contributed by atoms with E-state index in [1.165, 1.54) is 7.11 Å². The number of aryl methyl sites for hydroxylation is 1. The number of halogens is 1. The number of carbonyl (C=O) groups excluding carboxylic acids is 1. The van der Waals surface area contributed by atoms with Gasteiger partial charge in [-0.1, -0.05) is 17.7 Å². The Labute approximate surface area is 76.1 Å². The molecular weight excluding hydrogens is 176 g/mol. The summed E-state index contributed by atoms with van der Waals surface area (Å²) >= 11 is 5.81. The topological polar surface area (TPSA) is 26.3 Å². The van der Waals surface area contributed by atoms with Crippen LogP contribution in [0.3, 0.4) is 0 Å². The van der Waals surface area contributed by atoms with Crippen LogP contribution in [0, 0.1) is 6.92 Å². The lowest BCUT2D eigenvalue weighted by Gasteiger charge is -2.01. The molecule has 0 bridgehead atoms. The Hall–Kier alpha value is -1.02. The molecule has 0 N–H and O–H groups in total. The molecule has 0 aliphatic rings. The fraction of sp³-hybridized carbons (Fsp3) is 0.222. The predicted molar refractivity (Wildman–Crippen MR) is 47.5 cm³/mol. The Kier molecular flexibility index (Phi) is 2.71. The molecule has 0 spiro atoms. The molecule has 12 heavy (non-hydrogen) atoms. The highest BCUT2D eigenvalue weighted by molar-refractivity contribution is 6.31. The fourth-order valence-corrected chi connectivity index (χ4v) is 1.02. The molecule has 0 aromatic heterocycles. The van der Waals surface area contributed by atoms with Crippen LogP contribution in [0.1, 0.15) is 15.9 Å². The zero-order chi connectivity index (χ0) is 9.14. The number of ether oxygens (including phenoxy) is 1. The maximum Gasteiger partial charge on any atom is 0.337 e. The van der Waals surface area contributed by atoms with Crippen LogP contribution in [0.15, 0.2) is 18.2 Å². The van der Waals surface area contributed by atoms with Gasteiger partial charge in [0.2, 0.25) is 0 Å². The highest BCUT2D eigenvalue weighted by Gasteiger charge is 2.05. The van der Waals surface area contributed by atoms with E-state index in [1.54, 1.807) is 18.2 Å². The summed E-state index contributed by atoms with van der Waals surface area (Å²) in [5, 5.41) is 0.581. The summed E-state index contributed by atoms with van der Waals surface area (Å²) in [5.74, 6) is -0.364. The summed E-state index contributed by atoms with van der Waals surface area (Å²) in [7, 11) is 1.34. The first-order valence-electron chi connectivity index (χ1n) is 3.49. The van der Waals surface area contributed by atoms with Crippen LogP contribution >= 0.6 is 11.6 Å². The summed E-state index contributed by atoms with van der Waals surface area (Å²) in [6.07, 6.45) is 0. The number of rotatable bonds is 1. The number of methoxy groups -OCH3 is 1. The van der Waals surface area contributed by atoms with Gasteiger partial charge < -0.3 is 4.74 Å². The molecule has 0 aliphatic carbocycles. The van der Waals surface area contributed by atoms with E-state index in [0.29, 0.717) is 10.6 Å². The third-order valence-corrected chi connectivity index (χ3v) is 2.00. The smallest absolute Gasteiger partial charge is 0.337 e. The Morgan fingerprint density at radius 2 is 2.17 bits per heavy atom. The van der Waals surface area contributed by atoms with Crippen molar-refractivity contribution in [3.05, 3.63) is 34.3 Å². The SMILES string of the molecule is COC(=O)c1ccc(C)c(Cl)c1. The third-order valence-electron chi connectivity index (χ3n) is 1.59. The van der Waals surface area contributed by atoms with Crippen LogP contribution < -0.4 is 0 Å². The second-order valence-corrected chi connectivity index (χ2v) is 2.86. The first kappa shape index (κ1) is 9.07. The Balaban J connectivity index is 3.05. The van der Waals surface area contributed by atoms with Crippen molar-refractivity contribution in [2.45, 2.75) is 6.92 Å². The minimum absolute atomic E-state index is 0.364. The van der Waals surface area contributed by atoms with E-state index in [2.05, 4.69) is 4.74 Å². The van der Waals surface area contributed by atoms with Crippen LogP contribution in [0.2, 0.25) is 5.02 Å². The van der Waals surface area contributed by atoms with Crippen molar-refractivity contribution < 1.29 is 9.53 Å². The largest absolute Gasteiger partial charge is 0.465 e. The minimum atomic E-state index is -0.364. The second-order valence-electron chi connectivity index (χ2n) is 2.46. The van der Waals surface area contributed by atoms with Crippen LogP contribution in [0.5, 0.6) is 0 Å². The van der Waals surface area contributed by atoms with E-state index in [-0.39, 0.29) is 5.97 Å². The maximum atomic E-state index is 11.0. The lowest BCUT2D eigenvalue weighted by Crippen LogP contribution is -2.00. The summed E-state index contributed by atoms with van der Waals surface area (Å²) in [4.78, 5) is 11.0. The van der Waals surface area contributed by atoms with Gasteiger partial charge in [-0.3, -0.25) is 0 Å². The van der Waals surface area contributed by atoms with Crippen molar-refractivity contribution in [3.63, 3.8) is 0 Å². The van der Waals surface area contributed by atoms with Gasteiger partial charge in [0.15, 0.2) is 0 Å².